The monoisotopic (exact) mass is 415 g/mol. The van der Waals surface area contributed by atoms with Crippen molar-refractivity contribution in [1.29, 1.82) is 5.26 Å². The van der Waals surface area contributed by atoms with E-state index in [4.69, 9.17) is 23.6 Å². The highest BCUT2D eigenvalue weighted by molar-refractivity contribution is 7.48. The lowest BCUT2D eigenvalue weighted by molar-refractivity contribution is -0.0280. The number of nitrogens with zero attached hydrogens (tertiary/aromatic N) is 2. The number of ether oxygens (including phenoxy) is 1. The van der Waals surface area contributed by atoms with Crippen LogP contribution in [0.5, 0.6) is 0 Å². The molecule has 28 heavy (non-hydrogen) atoms. The number of phosphoric ester groups is 1. The van der Waals surface area contributed by atoms with Gasteiger partial charge in [0.2, 0.25) is 0 Å². The van der Waals surface area contributed by atoms with Gasteiger partial charge in [-0.2, -0.15) is 5.26 Å². The second-order valence-electron chi connectivity index (χ2n) is 6.44. The zero-order valence-electron chi connectivity index (χ0n) is 16.1. The average Bonchev–Trinajstić information content (AvgIpc) is 3.12. The Hall–Kier alpha value is -1.76. The summed E-state index contributed by atoms with van der Waals surface area (Å²) in [5.41, 5.74) is -0.572. The second kappa shape index (κ2) is 10.7. The summed E-state index contributed by atoms with van der Waals surface area (Å²) in [5, 5.41) is 8.60. The van der Waals surface area contributed by atoms with Crippen molar-refractivity contribution >= 4 is 7.82 Å². The molecule has 0 radical (unpaired) electrons. The highest BCUT2D eigenvalue weighted by atomic mass is 31.2. The highest BCUT2D eigenvalue weighted by Crippen LogP contribution is 2.50. The van der Waals surface area contributed by atoms with E-state index >= 15 is 0 Å². The van der Waals surface area contributed by atoms with Crippen molar-refractivity contribution in [3.05, 3.63) is 32.6 Å². The molecule has 0 bridgehead atoms. The standard InChI is InChI=1S/C17H26N3O7P/c1-3-4-9-24-28(23,25-10-5-8-18)26-12-14-6-7-15(27-14)20-11-13(2)16(21)19-17(20)22/h11,14-15H,3-7,9-10,12H2,1-2H3,(H,19,21,22)/t14-,15+,28?/m0/s1. The van der Waals surface area contributed by atoms with E-state index in [1.54, 1.807) is 6.92 Å². The van der Waals surface area contributed by atoms with Gasteiger partial charge in [0.05, 0.1) is 38.4 Å². The van der Waals surface area contributed by atoms with E-state index in [9.17, 15) is 14.2 Å². The Morgan fingerprint density at radius 2 is 2.07 bits per heavy atom. The normalized spacial score (nSPS) is 21.3. The molecule has 1 aromatic rings. The summed E-state index contributed by atoms with van der Waals surface area (Å²) in [6.07, 6.45) is 3.24. The van der Waals surface area contributed by atoms with Gasteiger partial charge in [0.1, 0.15) is 6.23 Å². The zero-order valence-corrected chi connectivity index (χ0v) is 17.0. The summed E-state index contributed by atoms with van der Waals surface area (Å²) in [5.74, 6) is 0. The molecule has 1 aliphatic heterocycles. The van der Waals surface area contributed by atoms with Gasteiger partial charge >= 0.3 is 13.5 Å². The maximum absolute atomic E-state index is 12.7. The maximum Gasteiger partial charge on any atom is 0.474 e. The lowest BCUT2D eigenvalue weighted by Crippen LogP contribution is -2.33. The molecule has 11 heteroatoms. The van der Waals surface area contributed by atoms with Crippen molar-refractivity contribution in [2.75, 3.05) is 19.8 Å². The van der Waals surface area contributed by atoms with Crippen LogP contribution in [0.15, 0.2) is 15.8 Å². The van der Waals surface area contributed by atoms with Crippen LogP contribution in [-0.4, -0.2) is 35.5 Å². The van der Waals surface area contributed by atoms with Gasteiger partial charge in [0.25, 0.3) is 5.56 Å². The zero-order chi connectivity index (χ0) is 20.6. The van der Waals surface area contributed by atoms with Gasteiger partial charge in [-0.1, -0.05) is 13.3 Å². The van der Waals surface area contributed by atoms with Crippen LogP contribution in [-0.2, 0) is 22.9 Å². The maximum atomic E-state index is 12.7. The summed E-state index contributed by atoms with van der Waals surface area (Å²) in [6, 6.07) is 1.90. The number of aromatic nitrogens is 2. The van der Waals surface area contributed by atoms with Crippen LogP contribution in [0.4, 0.5) is 0 Å². The van der Waals surface area contributed by atoms with Crippen molar-refractivity contribution < 1.29 is 22.9 Å². The summed E-state index contributed by atoms with van der Waals surface area (Å²) in [6.45, 7) is 3.70. The third-order valence-electron chi connectivity index (χ3n) is 4.17. The molecule has 3 atom stereocenters. The minimum atomic E-state index is -3.79. The van der Waals surface area contributed by atoms with Gasteiger partial charge in [-0.15, -0.1) is 0 Å². The van der Waals surface area contributed by atoms with Crippen molar-refractivity contribution in [2.45, 2.75) is 58.3 Å². The third-order valence-corrected chi connectivity index (χ3v) is 5.63. The van der Waals surface area contributed by atoms with E-state index in [0.29, 0.717) is 24.8 Å². The predicted molar refractivity (Wildman–Crippen MR) is 99.8 cm³/mol. The number of rotatable bonds is 11. The van der Waals surface area contributed by atoms with Crippen LogP contribution in [0.2, 0.25) is 0 Å². The minimum absolute atomic E-state index is 0.0382. The smallest absolute Gasteiger partial charge is 0.352 e. The highest BCUT2D eigenvalue weighted by Gasteiger charge is 2.32. The largest absolute Gasteiger partial charge is 0.474 e. The van der Waals surface area contributed by atoms with Crippen molar-refractivity contribution in [3.63, 3.8) is 0 Å². The molecular weight excluding hydrogens is 389 g/mol. The fourth-order valence-corrected chi connectivity index (χ4v) is 3.86. The molecule has 1 N–H and O–H groups in total. The summed E-state index contributed by atoms with van der Waals surface area (Å²) in [7, 11) is -3.79. The summed E-state index contributed by atoms with van der Waals surface area (Å²) < 4.78 is 35.7. The number of nitrogens with one attached hydrogen (secondary N) is 1. The predicted octanol–water partition coefficient (Wildman–Crippen LogP) is 2.39. The third kappa shape index (κ3) is 6.40. The number of unbranched alkanes of at least 4 members (excludes halogenated alkanes) is 1. The quantitative estimate of drug-likeness (QED) is 0.430. The molecule has 2 heterocycles. The van der Waals surface area contributed by atoms with Crippen molar-refractivity contribution in [1.82, 2.24) is 9.55 Å². The lowest BCUT2D eigenvalue weighted by Gasteiger charge is -2.20. The molecule has 0 spiro atoms. The molecule has 0 amide bonds. The van der Waals surface area contributed by atoms with Crippen LogP contribution in [0.3, 0.4) is 0 Å². The van der Waals surface area contributed by atoms with Gasteiger partial charge in [-0.3, -0.25) is 27.9 Å². The number of hydrogen-bond acceptors (Lipinski definition) is 8. The van der Waals surface area contributed by atoms with Gasteiger partial charge in [-0.05, 0) is 26.2 Å². The summed E-state index contributed by atoms with van der Waals surface area (Å²) >= 11 is 0. The molecule has 1 saturated heterocycles. The molecule has 0 saturated carbocycles. The Labute approximate surface area is 163 Å². The first-order chi connectivity index (χ1) is 13.4. The fraction of sp³-hybridized carbons (Fsp3) is 0.706. The Bertz CT molecular complexity index is 844. The van der Waals surface area contributed by atoms with Gasteiger partial charge in [0.15, 0.2) is 0 Å². The Kier molecular flexibility index (Phi) is 8.60. The molecular formula is C17H26N3O7P. The molecule has 2 rings (SSSR count). The first kappa shape index (κ1) is 22.5. The molecule has 1 aliphatic rings. The lowest BCUT2D eigenvalue weighted by atomic mass is 10.2. The van der Waals surface area contributed by atoms with E-state index in [-0.39, 0.29) is 26.2 Å². The SMILES string of the molecule is CCCCOP(=O)(OCCC#N)OC[C@@H]1CC[C@H](n2cc(C)c(=O)[nH]c2=O)O1. The molecule has 156 valence electrons. The Morgan fingerprint density at radius 3 is 2.79 bits per heavy atom. The number of phosphoric acid groups is 1. The first-order valence-corrected chi connectivity index (χ1v) is 10.7. The second-order valence-corrected chi connectivity index (χ2v) is 8.11. The number of aryl methyl sites for hydroxylation is 1. The van der Waals surface area contributed by atoms with E-state index < -0.39 is 31.4 Å². The Morgan fingerprint density at radius 1 is 1.32 bits per heavy atom. The number of aromatic amines is 1. The van der Waals surface area contributed by atoms with E-state index in [1.165, 1.54) is 10.8 Å². The van der Waals surface area contributed by atoms with E-state index in [1.807, 2.05) is 13.0 Å². The van der Waals surface area contributed by atoms with Gasteiger partial charge in [0, 0.05) is 11.8 Å². The van der Waals surface area contributed by atoms with Crippen LogP contribution >= 0.6 is 7.82 Å². The molecule has 1 fully saturated rings. The summed E-state index contributed by atoms with van der Waals surface area (Å²) in [4.78, 5) is 25.7. The molecule has 0 aromatic carbocycles. The van der Waals surface area contributed by atoms with E-state index in [0.717, 1.165) is 6.42 Å². The molecule has 1 unspecified atom stereocenters. The van der Waals surface area contributed by atoms with Gasteiger partial charge < -0.3 is 4.74 Å². The molecule has 1 aromatic heterocycles. The van der Waals surface area contributed by atoms with Crippen LogP contribution < -0.4 is 11.2 Å². The van der Waals surface area contributed by atoms with Crippen LogP contribution in [0, 0.1) is 18.3 Å². The van der Waals surface area contributed by atoms with E-state index in [2.05, 4.69) is 4.98 Å². The average molecular weight is 415 g/mol. The van der Waals surface area contributed by atoms with Crippen molar-refractivity contribution in [3.8, 4) is 6.07 Å². The number of H-pyrrole nitrogens is 1. The van der Waals surface area contributed by atoms with Crippen LogP contribution in [0.1, 0.15) is 50.8 Å². The van der Waals surface area contributed by atoms with Crippen LogP contribution in [0.25, 0.3) is 0 Å². The topological polar surface area (TPSA) is 133 Å². The Balaban J connectivity index is 1.94. The number of hydrogen-bond donors (Lipinski definition) is 1. The first-order valence-electron chi connectivity index (χ1n) is 9.26. The molecule has 10 nitrogen and oxygen atoms in total. The van der Waals surface area contributed by atoms with Gasteiger partial charge in [-0.25, -0.2) is 9.36 Å². The molecule has 0 aliphatic carbocycles. The fourth-order valence-electron chi connectivity index (χ4n) is 2.62. The minimum Gasteiger partial charge on any atom is -0.352 e. The number of nitriles is 1. The van der Waals surface area contributed by atoms with Crippen molar-refractivity contribution in [2.24, 2.45) is 0 Å².